The maximum atomic E-state index is 14.7. The Balaban J connectivity index is 1.60. The van der Waals surface area contributed by atoms with Gasteiger partial charge in [-0.25, -0.2) is 4.39 Å². The van der Waals surface area contributed by atoms with E-state index >= 15 is 0 Å². The highest BCUT2D eigenvalue weighted by atomic mass is 19.1. The first-order valence-corrected chi connectivity index (χ1v) is 11.2. The molecule has 160 valence electrons. The van der Waals surface area contributed by atoms with E-state index in [9.17, 15) is 4.39 Å². The summed E-state index contributed by atoms with van der Waals surface area (Å²) in [6.45, 7) is 4.35. The van der Waals surface area contributed by atoms with Crippen molar-refractivity contribution in [3.05, 3.63) is 94.8 Å². The summed E-state index contributed by atoms with van der Waals surface area (Å²) in [5.41, 5.74) is 5.78. The van der Waals surface area contributed by atoms with E-state index in [0.29, 0.717) is 11.1 Å². The largest absolute Gasteiger partial charge is 0.206 e. The molecule has 0 fully saturated rings. The zero-order valence-electron chi connectivity index (χ0n) is 18.5. The molecule has 0 bridgehead atoms. The molecule has 0 aliphatic rings. The minimum absolute atomic E-state index is 0.251. The lowest BCUT2D eigenvalue weighted by molar-refractivity contribution is 0.631. The summed E-state index contributed by atoms with van der Waals surface area (Å²) in [5, 5.41) is 8.12. The van der Waals surface area contributed by atoms with E-state index in [0.717, 1.165) is 24.0 Å². The van der Waals surface area contributed by atoms with E-state index < -0.39 is 0 Å². The van der Waals surface area contributed by atoms with Crippen molar-refractivity contribution in [2.75, 3.05) is 0 Å². The van der Waals surface area contributed by atoms with Crippen molar-refractivity contribution in [1.29, 1.82) is 0 Å². The highest BCUT2D eigenvalue weighted by molar-refractivity contribution is 5.83. The van der Waals surface area contributed by atoms with Crippen LogP contribution in [0.15, 0.2) is 76.9 Å². The minimum atomic E-state index is -0.251. The Morgan fingerprint density at radius 3 is 2.00 bits per heavy atom. The number of rotatable bonds is 10. The molecule has 3 aromatic carbocycles. The molecule has 0 radical (unpaired) electrons. The zero-order valence-corrected chi connectivity index (χ0v) is 18.5. The molecule has 3 heteroatoms. The van der Waals surface area contributed by atoms with Gasteiger partial charge < -0.3 is 0 Å². The molecule has 0 spiro atoms. The van der Waals surface area contributed by atoms with Crippen LogP contribution in [0, 0.1) is 5.82 Å². The number of benzene rings is 3. The second-order valence-corrected chi connectivity index (χ2v) is 7.83. The van der Waals surface area contributed by atoms with Crippen LogP contribution >= 0.6 is 0 Å². The summed E-state index contributed by atoms with van der Waals surface area (Å²) < 4.78 is 14.7. The average molecular weight is 415 g/mol. The molecule has 3 rings (SSSR count). The van der Waals surface area contributed by atoms with Crippen molar-refractivity contribution < 1.29 is 4.39 Å². The van der Waals surface area contributed by atoms with Crippen LogP contribution in [0.3, 0.4) is 0 Å². The Hall–Kier alpha value is -3.07. The minimum Gasteiger partial charge on any atom is -0.206 e. The maximum absolute atomic E-state index is 14.7. The summed E-state index contributed by atoms with van der Waals surface area (Å²) in [6, 6.07) is 21.6. The van der Waals surface area contributed by atoms with Crippen molar-refractivity contribution in [3.8, 4) is 11.1 Å². The van der Waals surface area contributed by atoms with E-state index in [1.165, 1.54) is 42.9 Å². The third-order valence-electron chi connectivity index (χ3n) is 5.45. The van der Waals surface area contributed by atoms with Gasteiger partial charge in [0.1, 0.15) is 5.82 Å². The van der Waals surface area contributed by atoms with Gasteiger partial charge in [-0.05, 0) is 53.1 Å². The first kappa shape index (κ1) is 22.6. The van der Waals surface area contributed by atoms with Crippen LogP contribution in [0.2, 0.25) is 0 Å². The Morgan fingerprint density at radius 1 is 0.710 bits per heavy atom. The SMILES string of the molecule is CCCCCCc1ccc(-c2ccc(C=NN=Cc3ccc(CC)cc3)cc2F)cc1. The summed E-state index contributed by atoms with van der Waals surface area (Å²) in [4.78, 5) is 0. The van der Waals surface area contributed by atoms with Crippen molar-refractivity contribution in [2.24, 2.45) is 10.2 Å². The fourth-order valence-electron chi connectivity index (χ4n) is 3.49. The molecule has 0 aliphatic heterocycles. The first-order valence-electron chi connectivity index (χ1n) is 11.2. The highest BCUT2D eigenvalue weighted by Crippen LogP contribution is 2.24. The molecule has 0 amide bonds. The van der Waals surface area contributed by atoms with Gasteiger partial charge in [-0.1, -0.05) is 93.8 Å². The summed E-state index contributed by atoms with van der Waals surface area (Å²) in [7, 11) is 0. The second kappa shape index (κ2) is 11.9. The van der Waals surface area contributed by atoms with Gasteiger partial charge >= 0.3 is 0 Å². The van der Waals surface area contributed by atoms with Crippen molar-refractivity contribution in [1.82, 2.24) is 0 Å². The number of aryl methyl sites for hydroxylation is 2. The van der Waals surface area contributed by atoms with Crippen LogP contribution in [-0.4, -0.2) is 12.4 Å². The van der Waals surface area contributed by atoms with Crippen LogP contribution < -0.4 is 0 Å². The normalized spacial score (nSPS) is 11.6. The van der Waals surface area contributed by atoms with Crippen molar-refractivity contribution >= 4 is 12.4 Å². The molecule has 0 saturated carbocycles. The van der Waals surface area contributed by atoms with Gasteiger partial charge in [0.25, 0.3) is 0 Å². The third kappa shape index (κ3) is 6.99. The molecular formula is C28H31FN2. The Morgan fingerprint density at radius 2 is 1.35 bits per heavy atom. The molecule has 0 saturated heterocycles. The second-order valence-electron chi connectivity index (χ2n) is 7.83. The van der Waals surface area contributed by atoms with Gasteiger partial charge in [0.15, 0.2) is 0 Å². The van der Waals surface area contributed by atoms with E-state index in [1.807, 2.05) is 30.3 Å². The molecule has 0 N–H and O–H groups in total. The van der Waals surface area contributed by atoms with Gasteiger partial charge in [0, 0.05) is 5.56 Å². The predicted octanol–water partition coefficient (Wildman–Crippen LogP) is 7.63. The molecule has 3 aromatic rings. The summed E-state index contributed by atoms with van der Waals surface area (Å²) in [5.74, 6) is -0.251. The van der Waals surface area contributed by atoms with E-state index in [-0.39, 0.29) is 5.82 Å². The molecule has 2 nitrogen and oxygen atoms in total. The van der Waals surface area contributed by atoms with Gasteiger partial charge in [0.05, 0.1) is 12.4 Å². The van der Waals surface area contributed by atoms with E-state index in [4.69, 9.17) is 0 Å². The Kier molecular flexibility index (Phi) is 8.71. The number of hydrogen-bond acceptors (Lipinski definition) is 2. The smallest absolute Gasteiger partial charge is 0.131 e. The fourth-order valence-corrected chi connectivity index (χ4v) is 3.49. The van der Waals surface area contributed by atoms with Crippen LogP contribution in [-0.2, 0) is 12.8 Å². The summed E-state index contributed by atoms with van der Waals surface area (Å²) >= 11 is 0. The third-order valence-corrected chi connectivity index (χ3v) is 5.45. The lowest BCUT2D eigenvalue weighted by atomic mass is 10.00. The number of unbranched alkanes of at least 4 members (excludes halogenated alkanes) is 3. The molecule has 31 heavy (non-hydrogen) atoms. The Bertz CT molecular complexity index is 1000. The van der Waals surface area contributed by atoms with Gasteiger partial charge in [-0.15, -0.1) is 0 Å². The van der Waals surface area contributed by atoms with E-state index in [1.54, 1.807) is 18.5 Å². The molecular weight excluding hydrogens is 383 g/mol. The summed E-state index contributed by atoms with van der Waals surface area (Å²) in [6.07, 6.45) is 10.4. The standard InChI is InChI=1S/C28H31FN2/c1-3-5-6-7-8-23-13-16-26(17-14-23)27-18-15-25(19-28(27)29)21-31-30-20-24-11-9-22(4-2)10-12-24/h9-21H,3-8H2,1-2H3. The van der Waals surface area contributed by atoms with E-state index in [2.05, 4.69) is 48.3 Å². The monoisotopic (exact) mass is 414 g/mol. The van der Waals surface area contributed by atoms with Gasteiger partial charge in [-0.2, -0.15) is 10.2 Å². The van der Waals surface area contributed by atoms with Gasteiger partial charge in [-0.3, -0.25) is 0 Å². The zero-order chi connectivity index (χ0) is 21.9. The molecule has 0 unspecified atom stereocenters. The number of nitrogens with zero attached hydrogens (tertiary/aromatic N) is 2. The lowest BCUT2D eigenvalue weighted by Gasteiger charge is -2.06. The fraction of sp³-hybridized carbons (Fsp3) is 0.286. The lowest BCUT2D eigenvalue weighted by Crippen LogP contribution is -1.90. The maximum Gasteiger partial charge on any atom is 0.131 e. The number of hydrogen-bond donors (Lipinski definition) is 0. The molecule has 0 atom stereocenters. The highest BCUT2D eigenvalue weighted by Gasteiger charge is 2.06. The van der Waals surface area contributed by atoms with Crippen molar-refractivity contribution in [3.63, 3.8) is 0 Å². The molecule has 0 heterocycles. The Labute approximate surface area is 185 Å². The van der Waals surface area contributed by atoms with Crippen LogP contribution in [0.25, 0.3) is 11.1 Å². The van der Waals surface area contributed by atoms with Crippen LogP contribution in [0.5, 0.6) is 0 Å². The van der Waals surface area contributed by atoms with Crippen molar-refractivity contribution in [2.45, 2.75) is 52.4 Å². The van der Waals surface area contributed by atoms with Crippen LogP contribution in [0.4, 0.5) is 4.39 Å². The van der Waals surface area contributed by atoms with Gasteiger partial charge in [0.2, 0.25) is 0 Å². The predicted molar refractivity (Wildman–Crippen MR) is 131 cm³/mol. The molecule has 0 aromatic heterocycles. The topological polar surface area (TPSA) is 24.7 Å². The van der Waals surface area contributed by atoms with Crippen LogP contribution in [0.1, 0.15) is 61.8 Å². The quantitative estimate of drug-likeness (QED) is 0.185. The molecule has 0 aliphatic carbocycles. The number of halogens is 1. The first-order chi connectivity index (χ1) is 15.2. The average Bonchev–Trinajstić information content (AvgIpc) is 2.81.